The van der Waals surface area contributed by atoms with E-state index in [1.807, 2.05) is 37.5 Å². The van der Waals surface area contributed by atoms with Crippen LogP contribution in [0.5, 0.6) is 5.75 Å². The maximum Gasteiger partial charge on any atom is 0.287 e. The van der Waals surface area contributed by atoms with E-state index in [-0.39, 0.29) is 23.3 Å². The number of carbonyl (C=O) groups is 1. The molecule has 3 heterocycles. The van der Waals surface area contributed by atoms with Crippen molar-refractivity contribution in [3.8, 4) is 28.1 Å². The highest BCUT2D eigenvalue weighted by atomic mass is 32.2. The van der Waals surface area contributed by atoms with E-state index in [2.05, 4.69) is 19.4 Å². The Morgan fingerprint density at radius 3 is 2.50 bits per heavy atom. The molecule has 5 aromatic rings. The van der Waals surface area contributed by atoms with Crippen LogP contribution < -0.4 is 4.74 Å². The van der Waals surface area contributed by atoms with Crippen LogP contribution in [-0.2, 0) is 23.4 Å². The van der Waals surface area contributed by atoms with E-state index in [9.17, 15) is 13.4 Å². The lowest BCUT2D eigenvalue weighted by Gasteiger charge is -2.11. The van der Waals surface area contributed by atoms with Gasteiger partial charge >= 0.3 is 0 Å². The molecule has 0 aliphatic heterocycles. The van der Waals surface area contributed by atoms with Crippen molar-refractivity contribution in [2.45, 2.75) is 6.61 Å². The molecule has 0 atom stereocenters. The molecule has 5 rings (SSSR count). The monoisotopic (exact) mass is 529 g/mol. The van der Waals surface area contributed by atoms with Gasteiger partial charge in [-0.2, -0.15) is 9.46 Å². The summed E-state index contributed by atoms with van der Waals surface area (Å²) in [5.41, 5.74) is 4.41. The molecule has 10 heteroatoms. The van der Waals surface area contributed by atoms with E-state index in [0.29, 0.717) is 11.3 Å². The number of halogens is 1. The van der Waals surface area contributed by atoms with Gasteiger partial charge in [-0.25, -0.2) is 13.6 Å². The van der Waals surface area contributed by atoms with E-state index < -0.39 is 21.5 Å². The number of benzene rings is 2. The topological polar surface area (TPSA) is 99.3 Å². The van der Waals surface area contributed by atoms with Gasteiger partial charge in [0.25, 0.3) is 5.91 Å². The Morgan fingerprint density at radius 1 is 1.05 bits per heavy atom. The van der Waals surface area contributed by atoms with Crippen molar-refractivity contribution in [2.24, 2.45) is 11.4 Å². The minimum atomic E-state index is -2.72. The van der Waals surface area contributed by atoms with Crippen molar-refractivity contribution in [1.82, 2.24) is 19.7 Å². The van der Waals surface area contributed by atoms with Gasteiger partial charge in [-0.3, -0.25) is 14.5 Å². The van der Waals surface area contributed by atoms with Crippen LogP contribution in [0.25, 0.3) is 33.3 Å². The van der Waals surface area contributed by atoms with Crippen LogP contribution in [0.15, 0.2) is 83.6 Å². The molecular formula is C28H24FN5O3S. The first kappa shape index (κ1) is 25.2. The van der Waals surface area contributed by atoms with Gasteiger partial charge in [0.05, 0.1) is 16.8 Å². The van der Waals surface area contributed by atoms with Crippen molar-refractivity contribution < 1.29 is 18.1 Å². The van der Waals surface area contributed by atoms with Crippen LogP contribution in [-0.4, -0.2) is 42.4 Å². The Balaban J connectivity index is 1.44. The quantitative estimate of drug-likeness (QED) is 0.297. The van der Waals surface area contributed by atoms with Crippen LogP contribution in [0.4, 0.5) is 4.39 Å². The van der Waals surface area contributed by atoms with Crippen molar-refractivity contribution in [3.63, 3.8) is 0 Å². The van der Waals surface area contributed by atoms with Crippen molar-refractivity contribution in [1.29, 1.82) is 0 Å². The average molecular weight is 530 g/mol. The number of aromatic nitrogens is 4. The summed E-state index contributed by atoms with van der Waals surface area (Å²) >= 11 is 0. The summed E-state index contributed by atoms with van der Waals surface area (Å²) in [6.07, 6.45) is 8.16. The number of carbonyl (C=O) groups excluding carboxylic acids is 1. The van der Waals surface area contributed by atoms with Gasteiger partial charge in [-0.1, -0.05) is 6.07 Å². The third-order valence-corrected chi connectivity index (χ3v) is 6.35. The maximum atomic E-state index is 14.4. The second kappa shape index (κ2) is 10.1. The van der Waals surface area contributed by atoms with Gasteiger partial charge in [0.1, 0.15) is 23.9 Å². The number of aryl methyl sites for hydroxylation is 1. The fourth-order valence-electron chi connectivity index (χ4n) is 4.05. The lowest BCUT2D eigenvalue weighted by Crippen LogP contribution is -2.10. The Hall–Kier alpha value is -4.44. The summed E-state index contributed by atoms with van der Waals surface area (Å²) in [5, 5.41) is 4.80. The highest BCUT2D eigenvalue weighted by Crippen LogP contribution is 2.31. The van der Waals surface area contributed by atoms with Crippen LogP contribution in [0.1, 0.15) is 16.1 Å². The third-order valence-electron chi connectivity index (χ3n) is 5.74. The number of hydrogen-bond acceptors (Lipinski definition) is 6. The zero-order valence-corrected chi connectivity index (χ0v) is 21.8. The Kier molecular flexibility index (Phi) is 6.73. The summed E-state index contributed by atoms with van der Waals surface area (Å²) < 4.78 is 38.0. The van der Waals surface area contributed by atoms with Crippen LogP contribution >= 0.6 is 0 Å². The third kappa shape index (κ3) is 5.45. The summed E-state index contributed by atoms with van der Waals surface area (Å²) in [6.45, 7) is -0.0666. The highest BCUT2D eigenvalue weighted by molar-refractivity contribution is 7.92. The fourth-order valence-corrected chi connectivity index (χ4v) is 4.55. The first-order valence-corrected chi connectivity index (χ1v) is 14.0. The van der Waals surface area contributed by atoms with Crippen LogP contribution in [0.3, 0.4) is 0 Å². The Bertz CT molecular complexity index is 1770. The molecule has 0 N–H and O–H groups in total. The number of hydrogen-bond donors (Lipinski definition) is 0. The molecule has 0 aliphatic carbocycles. The number of amides is 1. The van der Waals surface area contributed by atoms with Crippen molar-refractivity contribution in [2.75, 3.05) is 12.5 Å². The average Bonchev–Trinajstić information content (AvgIpc) is 3.28. The van der Waals surface area contributed by atoms with Gasteiger partial charge in [0.15, 0.2) is 0 Å². The lowest BCUT2D eigenvalue weighted by atomic mass is 10.0. The summed E-state index contributed by atoms with van der Waals surface area (Å²) in [5.74, 6) is -0.701. The molecule has 192 valence electrons. The molecule has 0 radical (unpaired) electrons. The number of nitrogens with zero attached hydrogens (tertiary/aromatic N) is 5. The maximum absolute atomic E-state index is 14.4. The van der Waals surface area contributed by atoms with Crippen molar-refractivity contribution in [3.05, 3.63) is 96.3 Å². The van der Waals surface area contributed by atoms with Gasteiger partial charge in [-0.15, -0.1) is 0 Å². The molecule has 1 amide bonds. The molecular weight excluding hydrogens is 505 g/mol. The molecule has 38 heavy (non-hydrogen) atoms. The molecule has 0 saturated carbocycles. The zero-order valence-electron chi connectivity index (χ0n) is 21.0. The number of rotatable bonds is 6. The van der Waals surface area contributed by atoms with Gasteiger partial charge in [0.2, 0.25) is 0 Å². The van der Waals surface area contributed by atoms with E-state index >= 15 is 0 Å². The van der Waals surface area contributed by atoms with Gasteiger partial charge in [-0.05, 0) is 60.2 Å². The minimum Gasteiger partial charge on any atom is -0.487 e. The molecule has 0 bridgehead atoms. The fraction of sp³-hybridized carbons (Fsp3) is 0.143. The van der Waals surface area contributed by atoms with Gasteiger partial charge < -0.3 is 4.74 Å². The highest BCUT2D eigenvalue weighted by Gasteiger charge is 2.18. The largest absolute Gasteiger partial charge is 0.487 e. The van der Waals surface area contributed by atoms with Crippen LogP contribution in [0.2, 0.25) is 0 Å². The number of ether oxygens (including phenoxy) is 1. The molecule has 2 aromatic carbocycles. The first-order chi connectivity index (χ1) is 18.2. The van der Waals surface area contributed by atoms with E-state index in [4.69, 9.17) is 4.74 Å². The Morgan fingerprint density at radius 2 is 1.79 bits per heavy atom. The molecule has 3 aromatic heterocycles. The lowest BCUT2D eigenvalue weighted by molar-refractivity contribution is 0.100. The predicted molar refractivity (Wildman–Crippen MR) is 145 cm³/mol. The zero-order chi connectivity index (χ0) is 26.9. The molecule has 0 spiro atoms. The SMILES string of the molecule is Cn1cc(-c2ccncc2)c(-c2ccc(OCc3nc4cccc(F)c4cc3C(=O)N=S(C)(C)=O)cc2)n1. The molecule has 0 saturated heterocycles. The molecule has 8 nitrogen and oxygen atoms in total. The van der Waals surface area contributed by atoms with Gasteiger partial charge in [0, 0.05) is 64.4 Å². The predicted octanol–water partition coefficient (Wildman–Crippen LogP) is 5.28. The number of fused-ring (bicyclic) bond motifs is 1. The summed E-state index contributed by atoms with van der Waals surface area (Å²) in [6, 6.07) is 17.1. The van der Waals surface area contributed by atoms with E-state index in [1.165, 1.54) is 24.6 Å². The molecule has 0 fully saturated rings. The molecule has 0 aliphatic rings. The second-order valence-electron chi connectivity index (χ2n) is 8.98. The normalized spacial score (nSPS) is 11.5. The smallest absolute Gasteiger partial charge is 0.287 e. The van der Waals surface area contributed by atoms with Crippen LogP contribution in [0, 0.1) is 5.82 Å². The number of pyridine rings is 2. The molecule has 0 unspecified atom stereocenters. The summed E-state index contributed by atoms with van der Waals surface area (Å²) in [7, 11) is -0.850. The standard InChI is InChI=1S/C28H24FN5O3S/c1-34-16-23(18-11-13-30-14-12-18)27(32-34)19-7-9-20(10-8-19)37-17-26-22(28(35)33-38(2,3)36)15-21-24(29)5-4-6-25(21)31-26/h4-16H,17H2,1-3H3. The first-order valence-electron chi connectivity index (χ1n) is 11.6. The van der Waals surface area contributed by atoms with Crippen molar-refractivity contribution >= 4 is 26.5 Å². The second-order valence-corrected chi connectivity index (χ2v) is 11.5. The van der Waals surface area contributed by atoms with E-state index in [0.717, 1.165) is 22.4 Å². The van der Waals surface area contributed by atoms with E-state index in [1.54, 1.807) is 41.3 Å². The Labute approximate surface area is 219 Å². The minimum absolute atomic E-state index is 0.0473. The summed E-state index contributed by atoms with van der Waals surface area (Å²) in [4.78, 5) is 21.4.